The number of methoxy groups -OCH3 is 4. The average Bonchev–Trinajstić information content (AvgIpc) is 3.27. The first-order valence-electron chi connectivity index (χ1n) is 22.3. The predicted molar refractivity (Wildman–Crippen MR) is 236 cm³/mol. The minimum atomic E-state index is -0.749. The third kappa shape index (κ3) is 33.0. The van der Waals surface area contributed by atoms with Crippen LogP contribution in [-0.2, 0) is 47.5 Å². The third-order valence-corrected chi connectivity index (χ3v) is 9.76. The molecule has 0 aliphatic rings. The smallest absolute Gasteiger partial charge is 0.303 e. The summed E-state index contributed by atoms with van der Waals surface area (Å²) in [5, 5.41) is 18.3. The van der Waals surface area contributed by atoms with Crippen LogP contribution < -0.4 is 15.0 Å². The molecule has 0 aliphatic heterocycles. The lowest BCUT2D eigenvalue weighted by Crippen LogP contribution is -2.44. The fourth-order valence-corrected chi connectivity index (χ4v) is 6.16. The van der Waals surface area contributed by atoms with E-state index >= 15 is 0 Å². The highest BCUT2D eigenvalue weighted by Crippen LogP contribution is 2.23. The molecule has 63 heavy (non-hydrogen) atoms. The van der Waals surface area contributed by atoms with Crippen LogP contribution in [0.2, 0.25) is 0 Å². The molecule has 1 aromatic carbocycles. The number of hydroxylamine groups is 1. The quantitative estimate of drug-likeness (QED) is 0.0488. The topological polar surface area (TPSA) is 206 Å². The summed E-state index contributed by atoms with van der Waals surface area (Å²) < 4.78 is 55.3. The fourth-order valence-electron chi connectivity index (χ4n) is 6.16. The molecule has 0 aromatic heterocycles. The van der Waals surface area contributed by atoms with Gasteiger partial charge in [0, 0.05) is 85.8 Å². The van der Waals surface area contributed by atoms with Crippen molar-refractivity contribution >= 4 is 17.8 Å². The van der Waals surface area contributed by atoms with Gasteiger partial charge in [-0.25, -0.2) is 5.48 Å². The van der Waals surface area contributed by atoms with Crippen molar-refractivity contribution in [3.63, 3.8) is 0 Å². The van der Waals surface area contributed by atoms with Gasteiger partial charge >= 0.3 is 5.97 Å². The Morgan fingerprint density at radius 2 is 0.905 bits per heavy atom. The Bertz CT molecular complexity index is 1240. The molecule has 19 nitrogen and oxygen atoms in total. The van der Waals surface area contributed by atoms with Crippen LogP contribution in [0.1, 0.15) is 68.1 Å². The Balaban J connectivity index is 3.00. The fraction of sp³-hybridized carbons (Fsp3) is 0.795. The van der Waals surface area contributed by atoms with Gasteiger partial charge in [-0.1, -0.05) is 38.5 Å². The van der Waals surface area contributed by atoms with Crippen LogP contribution in [0.5, 0.6) is 11.5 Å². The third-order valence-electron chi connectivity index (χ3n) is 9.76. The molecule has 1 rings (SSSR count). The minimum Gasteiger partial charge on any atom is -0.492 e. The summed E-state index contributed by atoms with van der Waals surface area (Å²) in [5.41, 5.74) is 1.85. The second-order valence-electron chi connectivity index (χ2n) is 14.7. The number of hydrogen-bond acceptors (Lipinski definition) is 16. The van der Waals surface area contributed by atoms with Gasteiger partial charge in [-0.3, -0.25) is 29.4 Å². The van der Waals surface area contributed by atoms with Gasteiger partial charge in [-0.15, -0.1) is 0 Å². The van der Waals surface area contributed by atoms with E-state index in [1.807, 2.05) is 0 Å². The number of amides is 2. The van der Waals surface area contributed by atoms with Gasteiger partial charge in [0.1, 0.15) is 24.7 Å². The first kappa shape index (κ1) is 57.8. The highest BCUT2D eigenvalue weighted by Gasteiger charge is 2.19. The molecule has 1 aromatic rings. The monoisotopic (exact) mass is 905 g/mol. The van der Waals surface area contributed by atoms with Gasteiger partial charge in [0.05, 0.1) is 85.8 Å². The van der Waals surface area contributed by atoms with Crippen molar-refractivity contribution in [1.29, 1.82) is 0 Å². The van der Waals surface area contributed by atoms with Crippen LogP contribution in [0, 0.1) is 0 Å². The molecule has 0 saturated heterocycles. The van der Waals surface area contributed by atoms with Crippen molar-refractivity contribution in [3.05, 3.63) is 23.8 Å². The normalized spacial score (nSPS) is 11.4. The molecule has 0 fully saturated rings. The number of carboxylic acids is 1. The minimum absolute atomic E-state index is 0.0588. The van der Waals surface area contributed by atoms with E-state index in [2.05, 4.69) is 9.80 Å². The molecule has 0 aliphatic carbocycles. The molecule has 0 atom stereocenters. The van der Waals surface area contributed by atoms with E-state index in [0.717, 1.165) is 44.9 Å². The zero-order valence-electron chi connectivity index (χ0n) is 38.7. The van der Waals surface area contributed by atoms with Gasteiger partial charge in [0.2, 0.25) is 5.91 Å². The van der Waals surface area contributed by atoms with Crippen molar-refractivity contribution in [2.45, 2.75) is 57.8 Å². The number of carbonyl (C=O) groups is 3. The Hall–Kier alpha value is -3.21. The van der Waals surface area contributed by atoms with E-state index in [9.17, 15) is 19.6 Å². The molecule has 0 unspecified atom stereocenters. The van der Waals surface area contributed by atoms with E-state index in [0.29, 0.717) is 150 Å². The summed E-state index contributed by atoms with van der Waals surface area (Å²) in [5.74, 6) is -0.752. The van der Waals surface area contributed by atoms with Crippen molar-refractivity contribution < 1.29 is 72.1 Å². The number of aliphatic carboxylic acids is 1. The first-order valence-corrected chi connectivity index (χ1v) is 22.3. The number of carboxylic acid groups (broad SMARTS) is 1. The SMILES string of the molecule is COCCOCCN(CCOCCOC)CCOc1cc(OCCN(CCCCCCCCCCC(=O)O)CC(=O)N(CCOCCOC)CCOCCOC)cc(C(=O)NO)c1. The maximum Gasteiger partial charge on any atom is 0.303 e. The van der Waals surface area contributed by atoms with Crippen molar-refractivity contribution in [1.82, 2.24) is 20.2 Å². The highest BCUT2D eigenvalue weighted by molar-refractivity contribution is 5.94. The Morgan fingerprint density at radius 1 is 0.492 bits per heavy atom. The van der Waals surface area contributed by atoms with Crippen LogP contribution in [0.25, 0.3) is 0 Å². The summed E-state index contributed by atoms with van der Waals surface area (Å²) in [6.07, 6.45) is 7.92. The maximum atomic E-state index is 13.8. The van der Waals surface area contributed by atoms with E-state index in [4.69, 9.17) is 52.5 Å². The van der Waals surface area contributed by atoms with Gasteiger partial charge in [0.15, 0.2) is 0 Å². The number of hydrogen-bond donors (Lipinski definition) is 3. The number of benzene rings is 1. The molecule has 0 radical (unpaired) electrons. The molecular formula is C44H80N4O15. The molecule has 3 N–H and O–H groups in total. The van der Waals surface area contributed by atoms with E-state index < -0.39 is 11.9 Å². The second kappa shape index (κ2) is 41.5. The van der Waals surface area contributed by atoms with Gasteiger partial charge in [-0.2, -0.15) is 0 Å². The molecule has 2 amide bonds. The molecule has 366 valence electrons. The molecule has 19 heteroatoms. The lowest BCUT2D eigenvalue weighted by molar-refractivity contribution is -0.137. The van der Waals surface area contributed by atoms with Crippen LogP contribution in [0.15, 0.2) is 18.2 Å². The molecule has 0 spiro atoms. The number of carbonyl (C=O) groups excluding carboxylic acids is 2. The zero-order valence-corrected chi connectivity index (χ0v) is 38.7. The summed E-state index contributed by atoms with van der Waals surface area (Å²) in [6, 6.07) is 4.77. The lowest BCUT2D eigenvalue weighted by atomic mass is 10.1. The van der Waals surface area contributed by atoms with Crippen molar-refractivity contribution in [2.24, 2.45) is 0 Å². The lowest BCUT2D eigenvalue weighted by Gasteiger charge is -2.28. The van der Waals surface area contributed by atoms with Crippen LogP contribution in [0.3, 0.4) is 0 Å². The van der Waals surface area contributed by atoms with Crippen LogP contribution >= 0.6 is 0 Å². The van der Waals surface area contributed by atoms with Gasteiger partial charge in [-0.05, 0) is 31.5 Å². The van der Waals surface area contributed by atoms with Gasteiger partial charge in [0.25, 0.3) is 5.91 Å². The molecule has 0 heterocycles. The number of unbranched alkanes of at least 4 members (excludes halogenated alkanes) is 7. The largest absolute Gasteiger partial charge is 0.492 e. The second-order valence-corrected chi connectivity index (χ2v) is 14.7. The Kier molecular flexibility index (Phi) is 38.1. The molecule has 0 saturated carbocycles. The predicted octanol–water partition coefficient (Wildman–Crippen LogP) is 3.24. The maximum absolute atomic E-state index is 13.8. The van der Waals surface area contributed by atoms with Crippen LogP contribution in [-0.4, -0.2) is 216 Å². The zero-order chi connectivity index (χ0) is 46.0. The summed E-state index contributed by atoms with van der Waals surface area (Å²) >= 11 is 0. The van der Waals surface area contributed by atoms with Crippen LogP contribution in [0.4, 0.5) is 0 Å². The summed E-state index contributed by atoms with van der Waals surface area (Å²) in [7, 11) is 6.48. The highest BCUT2D eigenvalue weighted by atomic mass is 16.5. The number of nitrogens with zero attached hydrogens (tertiary/aromatic N) is 3. The Morgan fingerprint density at radius 3 is 1.35 bits per heavy atom. The number of rotatable bonds is 46. The average molecular weight is 905 g/mol. The van der Waals surface area contributed by atoms with E-state index in [1.165, 1.54) is 12.1 Å². The van der Waals surface area contributed by atoms with E-state index in [-0.39, 0.29) is 31.0 Å². The van der Waals surface area contributed by atoms with Crippen molar-refractivity contribution in [2.75, 3.05) is 173 Å². The summed E-state index contributed by atoms with van der Waals surface area (Å²) in [6.45, 7) is 9.97. The molecular weight excluding hydrogens is 824 g/mol. The van der Waals surface area contributed by atoms with Gasteiger partial charge < -0.3 is 57.4 Å². The van der Waals surface area contributed by atoms with E-state index in [1.54, 1.807) is 44.9 Å². The van der Waals surface area contributed by atoms with Crippen molar-refractivity contribution in [3.8, 4) is 11.5 Å². The number of ether oxygens (including phenoxy) is 10. The first-order chi connectivity index (χ1) is 30.8. The standard InChI is InChI=1S/C44H80N4O15/c1-54-27-31-58-21-15-46(16-22-59-32-28-55-2)17-25-62-40-35-39(44(52)45-53)36-41(37-40)63-26-18-47(14-12-10-8-6-5-7-9-11-13-43(50)51)38-42(49)48(19-23-60-33-29-56-3)20-24-61-34-30-57-4/h35-37,53H,5-34,38H2,1-4H3,(H,45,52)(H,50,51). The molecule has 0 bridgehead atoms. The number of nitrogens with one attached hydrogen (secondary N) is 1. The Labute approximate surface area is 375 Å². The summed E-state index contributed by atoms with van der Waals surface area (Å²) in [4.78, 5) is 43.1.